The third-order valence-electron chi connectivity index (χ3n) is 4.28. The van der Waals surface area contributed by atoms with Gasteiger partial charge in [-0.15, -0.1) is 0 Å². The number of hydrogen-bond acceptors (Lipinski definition) is 4. The van der Waals surface area contributed by atoms with Crippen LogP contribution in [0.3, 0.4) is 0 Å². The molecule has 1 N–H and O–H groups in total. The van der Waals surface area contributed by atoms with E-state index in [1.54, 1.807) is 47.4 Å². The first-order valence-corrected chi connectivity index (χ1v) is 10.6. The van der Waals surface area contributed by atoms with Gasteiger partial charge in [0, 0.05) is 17.3 Å². The van der Waals surface area contributed by atoms with E-state index in [2.05, 4.69) is 5.32 Å². The van der Waals surface area contributed by atoms with Crippen molar-refractivity contribution >= 4 is 69.6 Å². The molecule has 6 nitrogen and oxygen atoms in total. The SMILES string of the molecule is O=C1COc2ccc(NC(=O)C(Cl)(Cl)Cl)cc2N1CCCCOc1ccc(Cl)cc1. The normalized spacial score (nSPS) is 13.5. The average Bonchev–Trinajstić information content (AvgIpc) is 2.70. The van der Waals surface area contributed by atoms with E-state index in [9.17, 15) is 9.59 Å². The Kier molecular flexibility index (Phi) is 7.58. The summed E-state index contributed by atoms with van der Waals surface area (Å²) in [7, 11) is 0. The number of ether oxygens (including phenoxy) is 2. The van der Waals surface area contributed by atoms with Crippen molar-refractivity contribution in [2.24, 2.45) is 0 Å². The number of amides is 2. The first kappa shape index (κ1) is 22.8. The Labute approximate surface area is 193 Å². The van der Waals surface area contributed by atoms with Gasteiger partial charge in [-0.25, -0.2) is 0 Å². The molecule has 0 atom stereocenters. The number of unbranched alkanes of at least 4 members (excludes halogenated alkanes) is 1. The Morgan fingerprint density at radius 3 is 2.57 bits per heavy atom. The second kappa shape index (κ2) is 9.96. The van der Waals surface area contributed by atoms with Gasteiger partial charge in [0.25, 0.3) is 15.6 Å². The highest BCUT2D eigenvalue weighted by Gasteiger charge is 2.31. The molecule has 0 aromatic heterocycles. The lowest BCUT2D eigenvalue weighted by molar-refractivity contribution is -0.121. The second-order valence-corrected chi connectivity index (χ2v) is 9.20. The zero-order valence-electron chi connectivity index (χ0n) is 15.7. The van der Waals surface area contributed by atoms with Crippen LogP contribution in [0.1, 0.15) is 12.8 Å². The number of carbonyl (C=O) groups is 2. The van der Waals surface area contributed by atoms with Crippen molar-refractivity contribution in [1.29, 1.82) is 0 Å². The van der Waals surface area contributed by atoms with Crippen LogP contribution in [0.4, 0.5) is 11.4 Å². The van der Waals surface area contributed by atoms with Gasteiger partial charge in [0.2, 0.25) is 0 Å². The predicted octanol–water partition coefficient (Wildman–Crippen LogP) is 5.23. The van der Waals surface area contributed by atoms with Gasteiger partial charge in [-0.3, -0.25) is 9.59 Å². The zero-order valence-corrected chi connectivity index (χ0v) is 18.7. The smallest absolute Gasteiger partial charge is 0.276 e. The number of carbonyl (C=O) groups excluding carboxylic acids is 2. The van der Waals surface area contributed by atoms with Crippen molar-refractivity contribution in [2.75, 3.05) is 30.0 Å². The van der Waals surface area contributed by atoms with Crippen LogP contribution in [0.2, 0.25) is 5.02 Å². The summed E-state index contributed by atoms with van der Waals surface area (Å²) in [6.45, 7) is 0.932. The fourth-order valence-electron chi connectivity index (χ4n) is 2.82. The summed E-state index contributed by atoms with van der Waals surface area (Å²) < 4.78 is 9.05. The number of halogens is 4. The summed E-state index contributed by atoms with van der Waals surface area (Å²) in [5.74, 6) is 0.313. The van der Waals surface area contributed by atoms with Gasteiger partial charge in [-0.1, -0.05) is 46.4 Å². The lowest BCUT2D eigenvalue weighted by Gasteiger charge is -2.30. The molecule has 10 heteroatoms. The van der Waals surface area contributed by atoms with E-state index < -0.39 is 9.70 Å². The molecule has 0 aliphatic carbocycles. The Balaban J connectivity index is 1.59. The first-order chi connectivity index (χ1) is 14.2. The van der Waals surface area contributed by atoms with Crippen LogP contribution in [0.25, 0.3) is 0 Å². The summed E-state index contributed by atoms with van der Waals surface area (Å²) in [5.41, 5.74) is 0.937. The number of anilines is 2. The number of hydrogen-bond donors (Lipinski definition) is 1. The van der Waals surface area contributed by atoms with E-state index >= 15 is 0 Å². The summed E-state index contributed by atoms with van der Waals surface area (Å²) in [4.78, 5) is 25.9. The highest BCUT2D eigenvalue weighted by atomic mass is 35.6. The quantitative estimate of drug-likeness (QED) is 0.425. The standard InChI is InChI=1S/C20H18Cl4N2O4/c21-13-3-6-15(7-4-13)29-10-2-1-9-26-16-11-14(25-19(28)20(22,23)24)5-8-17(16)30-12-18(26)27/h3-8,11H,1-2,9-10,12H2,(H,25,28). The molecule has 0 saturated heterocycles. The summed E-state index contributed by atoms with van der Waals surface area (Å²) >= 11 is 22.6. The van der Waals surface area contributed by atoms with Crippen LogP contribution >= 0.6 is 46.4 Å². The first-order valence-electron chi connectivity index (χ1n) is 9.08. The molecule has 0 saturated carbocycles. The van der Waals surface area contributed by atoms with E-state index in [0.29, 0.717) is 41.7 Å². The molecule has 30 heavy (non-hydrogen) atoms. The van der Waals surface area contributed by atoms with Crippen LogP contribution in [-0.4, -0.2) is 35.4 Å². The molecule has 0 fully saturated rings. The van der Waals surface area contributed by atoms with Gasteiger partial charge < -0.3 is 19.7 Å². The fourth-order valence-corrected chi connectivity index (χ4v) is 3.09. The summed E-state index contributed by atoms with van der Waals surface area (Å²) in [6.07, 6.45) is 1.45. The molecule has 160 valence electrons. The molecule has 0 unspecified atom stereocenters. The lowest BCUT2D eigenvalue weighted by Crippen LogP contribution is -2.39. The fraction of sp³-hybridized carbons (Fsp3) is 0.300. The van der Waals surface area contributed by atoms with E-state index in [0.717, 1.165) is 12.2 Å². The van der Waals surface area contributed by atoms with Crippen LogP contribution in [0.15, 0.2) is 42.5 Å². The number of benzene rings is 2. The maximum Gasteiger partial charge on any atom is 0.276 e. The minimum Gasteiger partial charge on any atom is -0.494 e. The molecule has 0 bridgehead atoms. The molecular weight excluding hydrogens is 474 g/mol. The third kappa shape index (κ3) is 6.08. The number of alkyl halides is 3. The molecule has 0 spiro atoms. The van der Waals surface area contributed by atoms with Gasteiger partial charge >= 0.3 is 0 Å². The Morgan fingerprint density at radius 2 is 1.87 bits per heavy atom. The van der Waals surface area contributed by atoms with Crippen molar-refractivity contribution in [3.05, 3.63) is 47.5 Å². The van der Waals surface area contributed by atoms with Gasteiger partial charge in [0.05, 0.1) is 12.3 Å². The average molecular weight is 492 g/mol. The van der Waals surface area contributed by atoms with Crippen molar-refractivity contribution in [2.45, 2.75) is 16.6 Å². The maximum absolute atomic E-state index is 12.4. The molecule has 0 radical (unpaired) electrons. The van der Waals surface area contributed by atoms with Crippen LogP contribution < -0.4 is 19.7 Å². The van der Waals surface area contributed by atoms with Gasteiger partial charge in [0.1, 0.15) is 11.5 Å². The second-order valence-electron chi connectivity index (χ2n) is 6.48. The van der Waals surface area contributed by atoms with Gasteiger partial charge in [0.15, 0.2) is 6.61 Å². The molecule has 1 heterocycles. The Morgan fingerprint density at radius 1 is 1.13 bits per heavy atom. The zero-order chi connectivity index (χ0) is 21.7. The molecule has 3 rings (SSSR count). The topological polar surface area (TPSA) is 67.9 Å². The molecule has 1 aliphatic heterocycles. The van der Waals surface area contributed by atoms with E-state index in [-0.39, 0.29) is 12.5 Å². The third-order valence-corrected chi connectivity index (χ3v) is 5.04. The molecular formula is C20H18Cl4N2O4. The van der Waals surface area contributed by atoms with Crippen molar-refractivity contribution < 1.29 is 19.1 Å². The Hall–Kier alpha value is -1.86. The van der Waals surface area contributed by atoms with Crippen molar-refractivity contribution in [3.63, 3.8) is 0 Å². The van der Waals surface area contributed by atoms with Crippen molar-refractivity contribution in [1.82, 2.24) is 0 Å². The molecule has 1 aliphatic rings. The number of nitrogens with zero attached hydrogens (tertiary/aromatic N) is 1. The van der Waals surface area contributed by atoms with Crippen LogP contribution in [-0.2, 0) is 9.59 Å². The Bertz CT molecular complexity index is 916. The minimum atomic E-state index is -2.09. The number of nitrogens with one attached hydrogen (secondary N) is 1. The van der Waals surface area contributed by atoms with E-state index in [4.69, 9.17) is 55.9 Å². The molecule has 2 amide bonds. The van der Waals surface area contributed by atoms with Crippen LogP contribution in [0.5, 0.6) is 11.5 Å². The van der Waals surface area contributed by atoms with Crippen LogP contribution in [0, 0.1) is 0 Å². The van der Waals surface area contributed by atoms with E-state index in [1.807, 2.05) is 0 Å². The van der Waals surface area contributed by atoms with Gasteiger partial charge in [-0.05, 0) is 55.3 Å². The van der Waals surface area contributed by atoms with Crippen molar-refractivity contribution in [3.8, 4) is 11.5 Å². The monoisotopic (exact) mass is 490 g/mol. The molecule has 2 aromatic rings. The highest BCUT2D eigenvalue weighted by Crippen LogP contribution is 2.36. The molecule has 2 aromatic carbocycles. The largest absolute Gasteiger partial charge is 0.494 e. The summed E-state index contributed by atoms with van der Waals surface area (Å²) in [5, 5.41) is 3.16. The number of rotatable bonds is 7. The predicted molar refractivity (Wildman–Crippen MR) is 119 cm³/mol. The summed E-state index contributed by atoms with van der Waals surface area (Å²) in [6, 6.07) is 12.0. The minimum absolute atomic E-state index is 0.0475. The lowest BCUT2D eigenvalue weighted by atomic mass is 10.2. The van der Waals surface area contributed by atoms with Gasteiger partial charge in [-0.2, -0.15) is 0 Å². The number of fused-ring (bicyclic) bond motifs is 1. The highest BCUT2D eigenvalue weighted by molar-refractivity contribution is 6.76. The maximum atomic E-state index is 12.4. The van der Waals surface area contributed by atoms with E-state index in [1.165, 1.54) is 0 Å².